The third kappa shape index (κ3) is 3.13. The Morgan fingerprint density at radius 2 is 1.36 bits per heavy atom. The van der Waals surface area contributed by atoms with E-state index in [1.54, 1.807) is 22.1 Å². The normalized spacial score (nSPS) is 29.4. The molecule has 2 fully saturated rings. The van der Waals surface area contributed by atoms with E-state index >= 15 is 0 Å². The minimum atomic E-state index is -1.13. The van der Waals surface area contributed by atoms with E-state index in [0.29, 0.717) is 0 Å². The van der Waals surface area contributed by atoms with Crippen LogP contribution in [0.25, 0.3) is 21.9 Å². The maximum absolute atomic E-state index is 2.66. The fourth-order valence-corrected chi connectivity index (χ4v) is 14.8. The van der Waals surface area contributed by atoms with E-state index < -0.39 is 16.1 Å². The van der Waals surface area contributed by atoms with E-state index in [-0.39, 0.29) is 5.41 Å². The summed E-state index contributed by atoms with van der Waals surface area (Å²) < 4.78 is 0. The predicted molar refractivity (Wildman–Crippen MR) is 150 cm³/mol. The Morgan fingerprint density at radius 3 is 1.97 bits per heavy atom. The maximum atomic E-state index is 2.66. The van der Waals surface area contributed by atoms with Gasteiger partial charge in [-0.05, 0) is 64.3 Å². The lowest BCUT2D eigenvalue weighted by Crippen LogP contribution is -2.45. The topological polar surface area (TPSA) is 0 Å². The van der Waals surface area contributed by atoms with E-state index in [1.807, 2.05) is 0 Å². The van der Waals surface area contributed by atoms with Crippen molar-refractivity contribution >= 4 is 26.9 Å². The van der Waals surface area contributed by atoms with Gasteiger partial charge in [0.15, 0.2) is 0 Å². The van der Waals surface area contributed by atoms with Crippen molar-refractivity contribution in [1.29, 1.82) is 0 Å². The molecular formula is C31H40Si2. The molecular weight excluding hydrogens is 429 g/mol. The third-order valence-corrected chi connectivity index (χ3v) is 16.3. The van der Waals surface area contributed by atoms with Crippen molar-refractivity contribution in [1.82, 2.24) is 0 Å². The molecule has 1 aliphatic carbocycles. The van der Waals surface area contributed by atoms with Gasteiger partial charge in [-0.25, -0.2) is 0 Å². The molecule has 2 unspecified atom stereocenters. The number of fused-ring (bicyclic) bond motifs is 2. The Bertz CT molecular complexity index is 1240. The van der Waals surface area contributed by atoms with Crippen molar-refractivity contribution in [3.63, 3.8) is 0 Å². The lowest BCUT2D eigenvalue weighted by Gasteiger charge is -2.50. The highest BCUT2D eigenvalue weighted by atomic mass is 28.3. The molecule has 0 amide bonds. The molecule has 2 heteroatoms. The molecule has 33 heavy (non-hydrogen) atoms. The highest BCUT2D eigenvalue weighted by molar-refractivity contribution is 6.78. The first kappa shape index (κ1) is 21.9. The zero-order valence-corrected chi connectivity index (χ0v) is 23.5. The summed E-state index contributed by atoms with van der Waals surface area (Å²) in [5.74, 6) is 1.60. The molecule has 6 rings (SSSR count). The van der Waals surface area contributed by atoms with Crippen LogP contribution in [0.15, 0.2) is 48.5 Å². The molecule has 2 aliphatic heterocycles. The van der Waals surface area contributed by atoms with Gasteiger partial charge < -0.3 is 0 Å². The van der Waals surface area contributed by atoms with Crippen molar-refractivity contribution in [3.8, 4) is 11.1 Å². The minimum absolute atomic E-state index is 0.198. The Kier molecular flexibility index (Phi) is 4.76. The van der Waals surface area contributed by atoms with Crippen LogP contribution in [0, 0.1) is 25.7 Å². The van der Waals surface area contributed by atoms with Crippen LogP contribution in [-0.4, -0.2) is 16.1 Å². The largest absolute Gasteiger partial charge is 0.0693 e. The van der Waals surface area contributed by atoms with Gasteiger partial charge in [0.2, 0.25) is 0 Å². The van der Waals surface area contributed by atoms with Crippen LogP contribution in [0.3, 0.4) is 0 Å². The van der Waals surface area contributed by atoms with Crippen LogP contribution in [0.1, 0.15) is 35.1 Å². The Hall–Kier alpha value is -1.65. The number of aryl methyl sites for hydroxylation is 2. The number of hydrogen-bond donors (Lipinski definition) is 0. The molecule has 0 radical (unpaired) electrons. The Morgan fingerprint density at radius 1 is 0.727 bits per heavy atom. The monoisotopic (exact) mass is 468 g/mol. The summed E-state index contributed by atoms with van der Waals surface area (Å²) in [7, 11) is -2.26. The molecule has 0 bridgehead atoms. The van der Waals surface area contributed by atoms with Gasteiger partial charge in [0.25, 0.3) is 0 Å². The van der Waals surface area contributed by atoms with Crippen LogP contribution in [0.5, 0.6) is 0 Å². The van der Waals surface area contributed by atoms with Crippen LogP contribution in [0.2, 0.25) is 50.4 Å². The van der Waals surface area contributed by atoms with E-state index in [2.05, 4.69) is 88.6 Å². The highest BCUT2D eigenvalue weighted by Crippen LogP contribution is 2.63. The molecule has 2 atom stereocenters. The summed E-state index contributed by atoms with van der Waals surface area (Å²) in [5, 5.41) is 3.08. The zero-order chi connectivity index (χ0) is 23.2. The zero-order valence-electron chi connectivity index (χ0n) is 21.5. The predicted octanol–water partition coefficient (Wildman–Crippen LogP) is 9.18. The summed E-state index contributed by atoms with van der Waals surface area (Å²) in [6, 6.07) is 25.6. The van der Waals surface area contributed by atoms with Crippen LogP contribution in [-0.2, 0) is 5.41 Å². The van der Waals surface area contributed by atoms with Crippen molar-refractivity contribution in [2.75, 3.05) is 0 Å². The summed E-state index contributed by atoms with van der Waals surface area (Å²) >= 11 is 0. The molecule has 0 aromatic heterocycles. The average Bonchev–Trinajstić information content (AvgIpc) is 3.31. The Labute approximate surface area is 202 Å². The van der Waals surface area contributed by atoms with Crippen LogP contribution in [0.4, 0.5) is 0 Å². The fraction of sp³-hybridized carbons (Fsp3) is 0.484. The van der Waals surface area contributed by atoms with Crippen molar-refractivity contribution in [3.05, 3.63) is 70.8 Å². The van der Waals surface area contributed by atoms with Gasteiger partial charge in [-0.1, -0.05) is 117 Å². The molecule has 2 saturated heterocycles. The lowest BCUT2D eigenvalue weighted by molar-refractivity contribution is 0.245. The first-order chi connectivity index (χ1) is 15.6. The SMILES string of the molecule is Cc1ccc2c(c1)C(C1CC[Si](C)(C)C1)(C1CC[Si](C)(C)C1)c1cccc3c(C)ccc-2c13. The second-order valence-corrected chi connectivity index (χ2v) is 23.8. The first-order valence-electron chi connectivity index (χ1n) is 13.3. The van der Waals surface area contributed by atoms with E-state index in [0.717, 1.165) is 11.8 Å². The van der Waals surface area contributed by atoms with Gasteiger partial charge in [0, 0.05) is 21.6 Å². The molecule has 0 spiro atoms. The molecule has 0 saturated carbocycles. The molecule has 172 valence electrons. The van der Waals surface area contributed by atoms with Gasteiger partial charge in [-0.3, -0.25) is 0 Å². The lowest BCUT2D eigenvalue weighted by atomic mass is 9.54. The molecule has 0 nitrogen and oxygen atoms in total. The summed E-state index contributed by atoms with van der Waals surface area (Å²) in [6.07, 6.45) is 2.87. The highest BCUT2D eigenvalue weighted by Gasteiger charge is 2.57. The molecule has 3 aromatic rings. The van der Waals surface area contributed by atoms with Crippen molar-refractivity contribution in [2.24, 2.45) is 11.8 Å². The molecule has 3 aliphatic rings. The minimum Gasteiger partial charge on any atom is -0.0693 e. The average molecular weight is 469 g/mol. The Balaban J connectivity index is 1.75. The van der Waals surface area contributed by atoms with E-state index in [4.69, 9.17) is 0 Å². The van der Waals surface area contributed by atoms with Gasteiger partial charge in [0.05, 0.1) is 0 Å². The third-order valence-electron chi connectivity index (χ3n) is 9.84. The van der Waals surface area contributed by atoms with Gasteiger partial charge >= 0.3 is 0 Å². The van der Waals surface area contributed by atoms with Gasteiger partial charge in [-0.2, -0.15) is 0 Å². The van der Waals surface area contributed by atoms with Crippen molar-refractivity contribution in [2.45, 2.75) is 82.5 Å². The number of rotatable bonds is 2. The van der Waals surface area contributed by atoms with Gasteiger partial charge in [-0.15, -0.1) is 0 Å². The number of benzene rings is 3. The summed E-state index contributed by atoms with van der Waals surface area (Å²) in [6.45, 7) is 15.3. The smallest absolute Gasteiger partial charge is 0.0477 e. The first-order valence-corrected chi connectivity index (χ1v) is 20.1. The van der Waals surface area contributed by atoms with E-state index in [9.17, 15) is 0 Å². The molecule has 0 N–H and O–H groups in total. The van der Waals surface area contributed by atoms with Gasteiger partial charge in [0.1, 0.15) is 0 Å². The quantitative estimate of drug-likeness (QED) is 0.329. The second-order valence-electron chi connectivity index (χ2n) is 13.3. The number of hydrogen-bond acceptors (Lipinski definition) is 0. The second kappa shape index (κ2) is 7.18. The maximum Gasteiger partial charge on any atom is 0.0477 e. The van der Waals surface area contributed by atoms with Crippen LogP contribution >= 0.6 is 0 Å². The summed E-state index contributed by atoms with van der Waals surface area (Å²) in [5.41, 5.74) is 9.49. The van der Waals surface area contributed by atoms with Crippen LogP contribution < -0.4 is 0 Å². The fourth-order valence-electron chi connectivity index (χ4n) is 8.36. The summed E-state index contributed by atoms with van der Waals surface area (Å²) in [4.78, 5) is 0. The standard InChI is InChI=1S/C31H40Si2/c1-21-10-12-26-27-13-11-22(2)25-8-7-9-28(30(25)27)31(29(26)18-21,23-14-16-32(3,4)19-23)24-15-17-33(5,6)20-24/h7-13,18,23-24H,14-17,19-20H2,1-6H3. The molecule has 3 aromatic carbocycles. The van der Waals surface area contributed by atoms with Crippen molar-refractivity contribution < 1.29 is 0 Å². The molecule has 2 heterocycles. The van der Waals surface area contributed by atoms with E-state index in [1.165, 1.54) is 59.1 Å².